The van der Waals surface area contributed by atoms with Crippen LogP contribution >= 0.6 is 11.6 Å². The van der Waals surface area contributed by atoms with Crippen LogP contribution in [0.4, 0.5) is 5.69 Å². The maximum absolute atomic E-state index is 13.3. The van der Waals surface area contributed by atoms with Crippen LogP contribution in [-0.4, -0.2) is 50.7 Å². The number of rotatable bonds is 10. The van der Waals surface area contributed by atoms with E-state index >= 15 is 0 Å². The minimum absolute atomic E-state index is 0.00625. The number of hydrogen-bond acceptors (Lipinski definition) is 4. The average molecular weight is 463 g/mol. The molecule has 0 fully saturated rings. The number of aromatic nitrogens is 1. The first kappa shape index (κ1) is 25.4. The van der Waals surface area contributed by atoms with Crippen molar-refractivity contribution in [3.05, 3.63) is 62.9 Å². The van der Waals surface area contributed by atoms with Crippen LogP contribution in [0.2, 0.25) is 5.02 Å². The van der Waals surface area contributed by atoms with Gasteiger partial charge in [0.2, 0.25) is 5.91 Å². The van der Waals surface area contributed by atoms with E-state index in [1.165, 1.54) is 17.0 Å². The molecule has 0 spiro atoms. The summed E-state index contributed by atoms with van der Waals surface area (Å²) in [6.45, 7) is 9.27. The molecular weight excluding hydrogens is 432 g/mol. The largest absolute Gasteiger partial charge is 0.353 e. The highest BCUT2D eigenvalue weighted by molar-refractivity contribution is 6.34. The van der Waals surface area contributed by atoms with E-state index in [9.17, 15) is 19.7 Å². The van der Waals surface area contributed by atoms with E-state index < -0.39 is 10.8 Å². The van der Waals surface area contributed by atoms with E-state index in [1.54, 1.807) is 4.90 Å². The van der Waals surface area contributed by atoms with Gasteiger partial charge in [-0.2, -0.15) is 0 Å². The van der Waals surface area contributed by atoms with E-state index in [0.717, 1.165) is 11.8 Å². The summed E-state index contributed by atoms with van der Waals surface area (Å²) in [6.07, 6.45) is 1.93. The number of carbonyl (C=O) groups excluding carboxylic acids is 2. The van der Waals surface area contributed by atoms with Gasteiger partial charge < -0.3 is 14.4 Å². The second kappa shape index (κ2) is 11.1. The van der Waals surface area contributed by atoms with Gasteiger partial charge in [-0.05, 0) is 30.0 Å². The average Bonchev–Trinajstić information content (AvgIpc) is 3.10. The Morgan fingerprint density at radius 3 is 2.22 bits per heavy atom. The van der Waals surface area contributed by atoms with Crippen LogP contribution in [0.3, 0.4) is 0 Å². The van der Waals surface area contributed by atoms with Gasteiger partial charge in [-0.25, -0.2) is 0 Å². The van der Waals surface area contributed by atoms with E-state index in [-0.39, 0.29) is 40.6 Å². The maximum atomic E-state index is 13.3. The monoisotopic (exact) mass is 462 g/mol. The molecule has 0 saturated heterocycles. The third-order valence-electron chi connectivity index (χ3n) is 4.94. The Labute approximate surface area is 193 Å². The highest BCUT2D eigenvalue weighted by atomic mass is 35.5. The summed E-state index contributed by atoms with van der Waals surface area (Å²) in [4.78, 5) is 40.1. The molecule has 0 aliphatic heterocycles. The van der Waals surface area contributed by atoms with Gasteiger partial charge in [0, 0.05) is 44.2 Å². The Kier molecular flexibility index (Phi) is 8.83. The zero-order valence-electron chi connectivity index (χ0n) is 19.2. The topological polar surface area (TPSA) is 88.7 Å². The number of halogens is 1. The molecule has 2 aromatic rings. The molecular formula is C23H31ClN4O4. The number of nitro benzene ring substituents is 1. The molecule has 2 rings (SSSR count). The van der Waals surface area contributed by atoms with Gasteiger partial charge in [-0.15, -0.1) is 0 Å². The van der Waals surface area contributed by atoms with Gasteiger partial charge in [0.25, 0.3) is 11.6 Å². The molecule has 0 N–H and O–H groups in total. The molecule has 2 amide bonds. The van der Waals surface area contributed by atoms with Crippen LogP contribution in [0, 0.1) is 22.0 Å². The molecule has 9 heteroatoms. The molecule has 8 nitrogen and oxygen atoms in total. The number of carbonyl (C=O) groups is 2. The van der Waals surface area contributed by atoms with E-state index in [0.29, 0.717) is 19.6 Å². The fourth-order valence-corrected chi connectivity index (χ4v) is 3.69. The van der Waals surface area contributed by atoms with Gasteiger partial charge in [0.05, 0.1) is 22.1 Å². The predicted octanol–water partition coefficient (Wildman–Crippen LogP) is 4.37. The van der Waals surface area contributed by atoms with Gasteiger partial charge in [0.1, 0.15) is 6.54 Å². The quantitative estimate of drug-likeness (QED) is 0.387. The Morgan fingerprint density at radius 1 is 1.09 bits per heavy atom. The third-order valence-corrected chi connectivity index (χ3v) is 5.25. The summed E-state index contributed by atoms with van der Waals surface area (Å²) >= 11 is 6.18. The van der Waals surface area contributed by atoms with E-state index in [2.05, 4.69) is 0 Å². The van der Waals surface area contributed by atoms with E-state index in [1.807, 2.05) is 57.6 Å². The summed E-state index contributed by atoms with van der Waals surface area (Å²) < 4.78 is 1.97. The van der Waals surface area contributed by atoms with Crippen molar-refractivity contribution >= 4 is 29.1 Å². The molecule has 1 aromatic carbocycles. The zero-order valence-corrected chi connectivity index (χ0v) is 20.0. The van der Waals surface area contributed by atoms with Crippen molar-refractivity contribution in [3.63, 3.8) is 0 Å². The molecule has 0 aliphatic carbocycles. The molecule has 174 valence electrons. The van der Waals surface area contributed by atoms with Crippen LogP contribution < -0.4 is 0 Å². The fourth-order valence-electron chi connectivity index (χ4n) is 3.44. The third kappa shape index (κ3) is 6.82. The second-order valence-corrected chi connectivity index (χ2v) is 9.19. The van der Waals surface area contributed by atoms with Crippen molar-refractivity contribution in [2.24, 2.45) is 18.9 Å². The highest BCUT2D eigenvalue weighted by Crippen LogP contribution is 2.24. The van der Waals surface area contributed by atoms with Gasteiger partial charge in [-0.1, -0.05) is 39.3 Å². The summed E-state index contributed by atoms with van der Waals surface area (Å²) in [5, 5.41) is 11.0. The molecule has 1 heterocycles. The van der Waals surface area contributed by atoms with Crippen LogP contribution in [0.1, 0.15) is 43.7 Å². The van der Waals surface area contributed by atoms with Gasteiger partial charge >= 0.3 is 0 Å². The number of non-ortho nitro benzene ring substituents is 1. The zero-order chi connectivity index (χ0) is 24.0. The number of nitro groups is 1. The number of nitrogens with zero attached hydrogens (tertiary/aromatic N) is 4. The molecule has 0 unspecified atom stereocenters. The Hall–Kier alpha value is -2.87. The Balaban J connectivity index is 2.27. The number of hydrogen-bond donors (Lipinski definition) is 0. The second-order valence-electron chi connectivity index (χ2n) is 8.78. The maximum Gasteiger partial charge on any atom is 0.270 e. The predicted molar refractivity (Wildman–Crippen MR) is 125 cm³/mol. The van der Waals surface area contributed by atoms with Gasteiger partial charge in [0.15, 0.2) is 0 Å². The van der Waals surface area contributed by atoms with Gasteiger partial charge in [-0.3, -0.25) is 19.7 Å². The summed E-state index contributed by atoms with van der Waals surface area (Å²) in [6, 6.07) is 7.64. The minimum atomic E-state index is -0.567. The smallest absolute Gasteiger partial charge is 0.270 e. The Morgan fingerprint density at radius 2 is 1.72 bits per heavy atom. The van der Waals surface area contributed by atoms with E-state index in [4.69, 9.17) is 11.6 Å². The molecule has 0 saturated carbocycles. The van der Waals surface area contributed by atoms with Crippen molar-refractivity contribution in [2.75, 3.05) is 19.6 Å². The highest BCUT2D eigenvalue weighted by Gasteiger charge is 2.26. The van der Waals surface area contributed by atoms with Crippen LogP contribution in [0.15, 0.2) is 36.5 Å². The summed E-state index contributed by atoms with van der Waals surface area (Å²) in [5.41, 5.74) is 0.950. The first-order chi connectivity index (χ1) is 15.0. The SMILES string of the molecule is CC(C)CN(Cc1cccn1C)C(=O)CN(CC(C)C)C(=O)c1ccc([N+](=O)[O-])cc1Cl. The number of amides is 2. The summed E-state index contributed by atoms with van der Waals surface area (Å²) in [7, 11) is 1.93. The number of aryl methyl sites for hydroxylation is 1. The molecule has 0 aliphatic rings. The molecule has 0 radical (unpaired) electrons. The molecule has 32 heavy (non-hydrogen) atoms. The van der Waals surface area contributed by atoms with Crippen LogP contribution in [0.25, 0.3) is 0 Å². The summed E-state index contributed by atoms with van der Waals surface area (Å²) in [5.74, 6) is -0.199. The van der Waals surface area contributed by atoms with Crippen molar-refractivity contribution in [2.45, 2.75) is 34.2 Å². The van der Waals surface area contributed by atoms with Crippen molar-refractivity contribution in [3.8, 4) is 0 Å². The molecule has 1 aromatic heterocycles. The first-order valence-electron chi connectivity index (χ1n) is 10.6. The number of benzene rings is 1. The lowest BCUT2D eigenvalue weighted by Crippen LogP contribution is -2.45. The van der Waals surface area contributed by atoms with Crippen LogP contribution in [-0.2, 0) is 18.4 Å². The van der Waals surface area contributed by atoms with Crippen molar-refractivity contribution in [1.82, 2.24) is 14.4 Å². The van der Waals surface area contributed by atoms with Crippen molar-refractivity contribution in [1.29, 1.82) is 0 Å². The first-order valence-corrected chi connectivity index (χ1v) is 11.0. The van der Waals surface area contributed by atoms with Crippen molar-refractivity contribution < 1.29 is 14.5 Å². The molecule has 0 bridgehead atoms. The Bertz CT molecular complexity index is 971. The lowest BCUT2D eigenvalue weighted by Gasteiger charge is -2.30. The van der Waals surface area contributed by atoms with Crippen LogP contribution in [0.5, 0.6) is 0 Å². The minimum Gasteiger partial charge on any atom is -0.353 e. The molecule has 0 atom stereocenters. The normalized spacial score (nSPS) is 11.1. The lowest BCUT2D eigenvalue weighted by atomic mass is 10.1. The lowest BCUT2D eigenvalue weighted by molar-refractivity contribution is -0.384. The standard InChI is InChI=1S/C23H31ClN4O4/c1-16(2)12-26(14-19-7-6-10-25(19)5)22(29)15-27(13-17(3)4)23(30)20-9-8-18(28(31)32)11-21(20)24/h6-11,16-17H,12-15H2,1-5H3. The fraction of sp³-hybridized carbons (Fsp3) is 0.478.